The first-order valence-electron chi connectivity index (χ1n) is 5.59. The minimum absolute atomic E-state index is 0.538. The van der Waals surface area contributed by atoms with E-state index in [1.807, 2.05) is 0 Å². The molecule has 1 aliphatic rings. The average Bonchev–Trinajstić information content (AvgIpc) is 2.30. The molecular weight excluding hydrogens is 262 g/mol. The molecule has 0 aromatic carbocycles. The Kier molecular flexibility index (Phi) is 4.82. The van der Waals surface area contributed by atoms with Crippen LogP contribution in [0.4, 0.5) is 0 Å². The van der Waals surface area contributed by atoms with Gasteiger partial charge in [-0.1, -0.05) is 0 Å². The van der Waals surface area contributed by atoms with Gasteiger partial charge in [-0.3, -0.25) is 4.79 Å². The van der Waals surface area contributed by atoms with Crippen LogP contribution in [0.25, 0.3) is 0 Å². The first kappa shape index (κ1) is 15.8. The van der Waals surface area contributed by atoms with Crippen molar-refractivity contribution in [1.29, 1.82) is 0 Å². The predicted octanol–water partition coefficient (Wildman–Crippen LogP) is -3.23. The van der Waals surface area contributed by atoms with Gasteiger partial charge in [0.05, 0.1) is 18.8 Å². The van der Waals surface area contributed by atoms with E-state index < -0.39 is 55.0 Å². The van der Waals surface area contributed by atoms with Crippen LogP contribution in [0.5, 0.6) is 0 Å². The third kappa shape index (κ3) is 3.39. The number of aliphatic hydroxyl groups excluding tert-OH is 3. The first-order chi connectivity index (χ1) is 8.71. The third-order valence-corrected chi connectivity index (χ3v) is 2.86. The molecule has 5 atom stereocenters. The van der Waals surface area contributed by atoms with Crippen LogP contribution < -0.4 is 5.32 Å². The molecule has 1 aliphatic heterocycles. The van der Waals surface area contributed by atoms with E-state index in [2.05, 4.69) is 5.32 Å². The summed E-state index contributed by atoms with van der Waals surface area (Å²) in [5.74, 6) is -4.96. The second kappa shape index (κ2) is 5.80. The van der Waals surface area contributed by atoms with Gasteiger partial charge >= 0.3 is 5.97 Å². The Labute approximate surface area is 108 Å². The van der Waals surface area contributed by atoms with Crippen molar-refractivity contribution < 1.29 is 39.9 Å². The standard InChI is InChI=1S/C10H17NO8/c1-4(13)11-7-5(14)2-10(18,9(16)17)19-8(7)6(15)3-12/h5-8,12,14-15,18H,2-3H2,1H3,(H,11,13)(H,16,17)/t5-,6+,7+,8-,10+/m0/s1. The largest absolute Gasteiger partial charge is 0.477 e. The predicted molar refractivity (Wildman–Crippen MR) is 58.8 cm³/mol. The quantitative estimate of drug-likeness (QED) is 0.313. The minimum atomic E-state index is -2.69. The summed E-state index contributed by atoms with van der Waals surface area (Å²) >= 11 is 0. The number of hydrogen-bond donors (Lipinski definition) is 6. The van der Waals surface area contributed by atoms with Crippen molar-refractivity contribution in [3.05, 3.63) is 0 Å². The summed E-state index contributed by atoms with van der Waals surface area (Å²) in [5, 5.41) is 49.1. The van der Waals surface area contributed by atoms with Gasteiger partial charge in [0.15, 0.2) is 0 Å². The van der Waals surface area contributed by atoms with Gasteiger partial charge in [0.2, 0.25) is 5.91 Å². The Morgan fingerprint density at radius 2 is 2.11 bits per heavy atom. The van der Waals surface area contributed by atoms with Gasteiger partial charge in [-0.05, 0) is 0 Å². The van der Waals surface area contributed by atoms with E-state index in [9.17, 15) is 24.9 Å². The molecule has 1 amide bonds. The maximum absolute atomic E-state index is 11.0. The molecule has 0 spiro atoms. The van der Waals surface area contributed by atoms with E-state index in [1.54, 1.807) is 0 Å². The van der Waals surface area contributed by atoms with Crippen molar-refractivity contribution in [2.75, 3.05) is 6.61 Å². The Bertz CT molecular complexity index is 361. The van der Waals surface area contributed by atoms with E-state index in [4.69, 9.17) is 14.9 Å². The molecule has 0 saturated carbocycles. The summed E-state index contributed by atoms with van der Waals surface area (Å²) in [5.41, 5.74) is 0. The van der Waals surface area contributed by atoms with Gasteiger partial charge in [0.25, 0.3) is 5.79 Å². The highest BCUT2D eigenvalue weighted by Crippen LogP contribution is 2.29. The van der Waals surface area contributed by atoms with Crippen LogP contribution in [0.3, 0.4) is 0 Å². The maximum atomic E-state index is 11.0. The number of rotatable bonds is 4. The Morgan fingerprint density at radius 1 is 1.53 bits per heavy atom. The van der Waals surface area contributed by atoms with E-state index >= 15 is 0 Å². The van der Waals surface area contributed by atoms with Crippen molar-refractivity contribution >= 4 is 11.9 Å². The molecule has 19 heavy (non-hydrogen) atoms. The molecule has 1 saturated heterocycles. The molecule has 9 heteroatoms. The van der Waals surface area contributed by atoms with Gasteiger partial charge in [0, 0.05) is 13.3 Å². The molecule has 0 aromatic heterocycles. The zero-order valence-corrected chi connectivity index (χ0v) is 10.2. The summed E-state index contributed by atoms with van der Waals surface area (Å²) in [4.78, 5) is 21.9. The molecule has 9 nitrogen and oxygen atoms in total. The van der Waals surface area contributed by atoms with Crippen molar-refractivity contribution in [2.24, 2.45) is 0 Å². The summed E-state index contributed by atoms with van der Waals surface area (Å²) in [6.07, 6.45) is -5.16. The summed E-state index contributed by atoms with van der Waals surface area (Å²) in [6, 6.07) is -1.14. The van der Waals surface area contributed by atoms with Crippen LogP contribution in [0.2, 0.25) is 0 Å². The van der Waals surface area contributed by atoms with E-state index in [-0.39, 0.29) is 0 Å². The molecular formula is C10H17NO8. The highest BCUT2D eigenvalue weighted by molar-refractivity contribution is 5.76. The Balaban J connectivity index is 3.00. The fourth-order valence-corrected chi connectivity index (χ4v) is 1.95. The van der Waals surface area contributed by atoms with E-state index in [1.165, 1.54) is 0 Å². The number of carbonyl (C=O) groups excluding carboxylic acids is 1. The fraction of sp³-hybridized carbons (Fsp3) is 0.800. The Morgan fingerprint density at radius 3 is 2.53 bits per heavy atom. The molecule has 0 unspecified atom stereocenters. The number of carbonyl (C=O) groups is 2. The van der Waals surface area contributed by atoms with E-state index in [0.29, 0.717) is 0 Å². The lowest BCUT2D eigenvalue weighted by Crippen LogP contribution is -2.66. The van der Waals surface area contributed by atoms with E-state index in [0.717, 1.165) is 6.92 Å². The van der Waals surface area contributed by atoms with Gasteiger partial charge in [0.1, 0.15) is 12.2 Å². The second-order valence-corrected chi connectivity index (χ2v) is 4.42. The SMILES string of the molecule is CC(=O)N[C@H]1[C@H]([C@H](O)CO)O[C@@](O)(C(=O)O)C[C@@H]1O. The lowest BCUT2D eigenvalue weighted by molar-refractivity contribution is -0.290. The van der Waals surface area contributed by atoms with Crippen LogP contribution in [0.15, 0.2) is 0 Å². The number of carboxylic acids is 1. The smallest absolute Gasteiger partial charge is 0.364 e. The van der Waals surface area contributed by atoms with Crippen LogP contribution in [-0.4, -0.2) is 74.2 Å². The van der Waals surface area contributed by atoms with Gasteiger partial charge in [-0.25, -0.2) is 4.79 Å². The molecule has 1 heterocycles. The number of amides is 1. The number of nitrogens with one attached hydrogen (secondary N) is 1. The minimum Gasteiger partial charge on any atom is -0.477 e. The van der Waals surface area contributed by atoms with Crippen molar-refractivity contribution in [3.8, 4) is 0 Å². The number of aliphatic carboxylic acids is 1. The van der Waals surface area contributed by atoms with Crippen molar-refractivity contribution in [3.63, 3.8) is 0 Å². The van der Waals surface area contributed by atoms with Crippen LogP contribution in [0, 0.1) is 0 Å². The fourth-order valence-electron chi connectivity index (χ4n) is 1.95. The highest BCUT2D eigenvalue weighted by atomic mass is 16.7. The topological polar surface area (TPSA) is 157 Å². The monoisotopic (exact) mass is 279 g/mol. The third-order valence-electron chi connectivity index (χ3n) is 2.86. The van der Waals surface area contributed by atoms with Gasteiger partial charge in [-0.2, -0.15) is 0 Å². The summed E-state index contributed by atoms with van der Waals surface area (Å²) in [6.45, 7) is 0.371. The maximum Gasteiger partial charge on any atom is 0.364 e. The summed E-state index contributed by atoms with van der Waals surface area (Å²) in [7, 11) is 0. The number of carboxylic acid groups (broad SMARTS) is 1. The van der Waals surface area contributed by atoms with Crippen molar-refractivity contribution in [2.45, 2.75) is 43.5 Å². The van der Waals surface area contributed by atoms with Crippen LogP contribution in [-0.2, 0) is 14.3 Å². The van der Waals surface area contributed by atoms with Gasteiger partial charge < -0.3 is 35.6 Å². The molecule has 110 valence electrons. The molecule has 6 N–H and O–H groups in total. The summed E-state index contributed by atoms with van der Waals surface area (Å²) < 4.78 is 4.84. The average molecular weight is 279 g/mol. The van der Waals surface area contributed by atoms with Crippen LogP contribution in [0.1, 0.15) is 13.3 Å². The molecule has 0 bridgehead atoms. The number of hydrogen-bond acceptors (Lipinski definition) is 7. The molecule has 1 rings (SSSR count). The molecule has 0 radical (unpaired) electrons. The van der Waals surface area contributed by atoms with Crippen molar-refractivity contribution in [1.82, 2.24) is 5.32 Å². The first-order valence-corrected chi connectivity index (χ1v) is 5.59. The lowest BCUT2D eigenvalue weighted by atomic mass is 9.90. The second-order valence-electron chi connectivity index (χ2n) is 4.42. The lowest BCUT2D eigenvalue weighted by Gasteiger charge is -2.43. The number of ether oxygens (including phenoxy) is 1. The van der Waals surface area contributed by atoms with Gasteiger partial charge in [-0.15, -0.1) is 0 Å². The molecule has 0 aromatic rings. The molecule has 1 fully saturated rings. The zero-order chi connectivity index (χ0) is 14.8. The molecule has 0 aliphatic carbocycles. The number of aliphatic hydroxyl groups is 4. The van der Waals surface area contributed by atoms with Crippen LogP contribution >= 0.6 is 0 Å². The normalized spacial score (nSPS) is 36.6. The Hall–Kier alpha value is -1.26. The zero-order valence-electron chi connectivity index (χ0n) is 10.2. The highest BCUT2D eigenvalue weighted by Gasteiger charge is 2.52.